The average molecular weight is 452 g/mol. The third-order valence-corrected chi connectivity index (χ3v) is 6.12. The SMILES string of the molecule is O=C(NCCSc1c(-c2ccc(Cl)cc2)[nH]c2ccccc12)c1cccc([N+](=O)[O-])c1. The van der Waals surface area contributed by atoms with Crippen LogP contribution in [-0.2, 0) is 0 Å². The molecule has 2 N–H and O–H groups in total. The maximum Gasteiger partial charge on any atom is 0.270 e. The number of carbonyl (C=O) groups is 1. The zero-order valence-electron chi connectivity index (χ0n) is 16.3. The van der Waals surface area contributed by atoms with Gasteiger partial charge in [-0.2, -0.15) is 0 Å². The number of nitrogens with one attached hydrogen (secondary N) is 2. The Morgan fingerprint density at radius 2 is 1.84 bits per heavy atom. The van der Waals surface area contributed by atoms with E-state index in [1.807, 2.05) is 42.5 Å². The predicted molar refractivity (Wildman–Crippen MR) is 125 cm³/mol. The second kappa shape index (κ2) is 9.24. The van der Waals surface area contributed by atoms with Crippen LogP contribution in [0.1, 0.15) is 10.4 Å². The number of thioether (sulfide) groups is 1. The molecule has 0 saturated carbocycles. The highest BCUT2D eigenvalue weighted by Crippen LogP contribution is 2.37. The highest BCUT2D eigenvalue weighted by atomic mass is 35.5. The van der Waals surface area contributed by atoms with Crippen LogP contribution in [0.4, 0.5) is 5.69 Å². The van der Waals surface area contributed by atoms with E-state index in [2.05, 4.69) is 16.4 Å². The lowest BCUT2D eigenvalue weighted by atomic mass is 10.1. The number of H-pyrrole nitrogens is 1. The van der Waals surface area contributed by atoms with Crippen molar-refractivity contribution in [3.8, 4) is 11.3 Å². The third-order valence-electron chi connectivity index (χ3n) is 4.74. The monoisotopic (exact) mass is 451 g/mol. The van der Waals surface area contributed by atoms with Crippen molar-refractivity contribution >= 4 is 45.9 Å². The van der Waals surface area contributed by atoms with Gasteiger partial charge in [0.15, 0.2) is 0 Å². The van der Waals surface area contributed by atoms with E-state index in [4.69, 9.17) is 11.6 Å². The van der Waals surface area contributed by atoms with Crippen molar-refractivity contribution in [1.82, 2.24) is 10.3 Å². The highest BCUT2D eigenvalue weighted by molar-refractivity contribution is 7.99. The van der Waals surface area contributed by atoms with Crippen LogP contribution in [0, 0.1) is 10.1 Å². The first-order valence-electron chi connectivity index (χ1n) is 9.55. The number of benzene rings is 3. The molecule has 0 aliphatic heterocycles. The summed E-state index contributed by atoms with van der Waals surface area (Å²) in [7, 11) is 0. The number of hydrogen-bond donors (Lipinski definition) is 2. The zero-order valence-corrected chi connectivity index (χ0v) is 17.9. The fourth-order valence-corrected chi connectivity index (χ4v) is 4.45. The van der Waals surface area contributed by atoms with Crippen LogP contribution in [0.5, 0.6) is 0 Å². The van der Waals surface area contributed by atoms with Crippen LogP contribution in [0.3, 0.4) is 0 Å². The Morgan fingerprint density at radius 3 is 2.61 bits per heavy atom. The van der Waals surface area contributed by atoms with E-state index in [9.17, 15) is 14.9 Å². The van der Waals surface area contributed by atoms with Crippen molar-refractivity contribution in [1.29, 1.82) is 0 Å². The first-order valence-corrected chi connectivity index (χ1v) is 10.9. The van der Waals surface area contributed by atoms with Crippen molar-refractivity contribution in [2.75, 3.05) is 12.3 Å². The summed E-state index contributed by atoms with van der Waals surface area (Å²) in [5.41, 5.74) is 3.24. The van der Waals surface area contributed by atoms with E-state index in [-0.39, 0.29) is 17.2 Å². The summed E-state index contributed by atoms with van der Waals surface area (Å²) in [6.45, 7) is 0.422. The number of nitrogens with zero attached hydrogens (tertiary/aromatic N) is 1. The van der Waals surface area contributed by atoms with Gasteiger partial charge >= 0.3 is 0 Å². The number of non-ortho nitro benzene ring substituents is 1. The number of carbonyl (C=O) groups excluding carboxylic acids is 1. The Morgan fingerprint density at radius 1 is 1.06 bits per heavy atom. The van der Waals surface area contributed by atoms with Crippen LogP contribution >= 0.6 is 23.4 Å². The predicted octanol–water partition coefficient (Wildman–Crippen LogP) is 5.92. The summed E-state index contributed by atoms with van der Waals surface area (Å²) in [6.07, 6.45) is 0. The lowest BCUT2D eigenvalue weighted by Crippen LogP contribution is -2.25. The molecule has 1 heterocycles. The molecule has 0 atom stereocenters. The van der Waals surface area contributed by atoms with Gasteiger partial charge in [0.05, 0.1) is 10.6 Å². The molecule has 0 aliphatic carbocycles. The number of aromatic amines is 1. The van der Waals surface area contributed by atoms with Gasteiger partial charge in [-0.3, -0.25) is 14.9 Å². The van der Waals surface area contributed by atoms with Crippen LogP contribution in [0.25, 0.3) is 22.2 Å². The number of para-hydroxylation sites is 1. The Labute approximate surface area is 187 Å². The molecule has 0 bridgehead atoms. The Kier molecular flexibility index (Phi) is 6.25. The number of hydrogen-bond acceptors (Lipinski definition) is 4. The summed E-state index contributed by atoms with van der Waals surface area (Å²) in [5, 5.41) is 15.5. The molecule has 3 aromatic carbocycles. The maximum absolute atomic E-state index is 12.4. The van der Waals surface area contributed by atoms with Crippen molar-refractivity contribution in [3.63, 3.8) is 0 Å². The smallest absolute Gasteiger partial charge is 0.270 e. The fraction of sp³-hybridized carbons (Fsp3) is 0.0870. The molecule has 0 spiro atoms. The number of nitro benzene ring substituents is 1. The second-order valence-corrected chi connectivity index (χ2v) is 8.34. The first-order chi connectivity index (χ1) is 15.0. The molecular weight excluding hydrogens is 434 g/mol. The van der Waals surface area contributed by atoms with Crippen LogP contribution in [0.2, 0.25) is 5.02 Å². The minimum atomic E-state index is -0.512. The van der Waals surface area contributed by atoms with Crippen molar-refractivity contribution in [2.45, 2.75) is 4.90 Å². The second-order valence-electron chi connectivity index (χ2n) is 6.79. The molecule has 0 unspecified atom stereocenters. The number of aromatic nitrogens is 1. The van der Waals surface area contributed by atoms with E-state index in [0.29, 0.717) is 17.3 Å². The van der Waals surface area contributed by atoms with E-state index < -0.39 is 4.92 Å². The molecule has 4 aromatic rings. The van der Waals surface area contributed by atoms with Crippen molar-refractivity contribution in [3.05, 3.63) is 93.5 Å². The molecule has 156 valence electrons. The average Bonchev–Trinajstić information content (AvgIpc) is 3.15. The van der Waals surface area contributed by atoms with Gasteiger partial charge in [0.1, 0.15) is 0 Å². The van der Waals surface area contributed by atoms with Gasteiger partial charge in [0.25, 0.3) is 11.6 Å². The summed E-state index contributed by atoms with van der Waals surface area (Å²) in [4.78, 5) is 27.3. The number of rotatable bonds is 7. The van der Waals surface area contributed by atoms with Crippen LogP contribution < -0.4 is 5.32 Å². The minimum absolute atomic E-state index is 0.103. The van der Waals surface area contributed by atoms with Crippen molar-refractivity contribution < 1.29 is 9.72 Å². The van der Waals surface area contributed by atoms with E-state index in [1.54, 1.807) is 17.8 Å². The summed E-state index contributed by atoms with van der Waals surface area (Å²) >= 11 is 7.67. The molecule has 0 aliphatic rings. The van der Waals surface area contributed by atoms with E-state index >= 15 is 0 Å². The number of amides is 1. The molecule has 0 radical (unpaired) electrons. The lowest BCUT2D eigenvalue weighted by Gasteiger charge is -2.07. The number of halogens is 1. The third kappa shape index (κ3) is 4.73. The van der Waals surface area contributed by atoms with Gasteiger partial charge in [0.2, 0.25) is 0 Å². The molecule has 8 heteroatoms. The Balaban J connectivity index is 1.47. The Bertz CT molecular complexity index is 1250. The van der Waals surface area contributed by atoms with Gasteiger partial charge < -0.3 is 10.3 Å². The molecule has 0 fully saturated rings. The number of nitro groups is 1. The molecule has 6 nitrogen and oxygen atoms in total. The van der Waals surface area contributed by atoms with Gasteiger partial charge in [0, 0.05) is 50.8 Å². The van der Waals surface area contributed by atoms with Crippen LogP contribution in [-0.4, -0.2) is 28.1 Å². The zero-order chi connectivity index (χ0) is 21.8. The first kappa shape index (κ1) is 21.0. The molecule has 1 aromatic heterocycles. The van der Waals surface area contributed by atoms with Gasteiger partial charge in [-0.15, -0.1) is 11.8 Å². The van der Waals surface area contributed by atoms with E-state index in [1.165, 1.54) is 18.2 Å². The summed E-state index contributed by atoms with van der Waals surface area (Å²) in [6, 6.07) is 21.4. The van der Waals surface area contributed by atoms with E-state index in [0.717, 1.165) is 27.1 Å². The summed E-state index contributed by atoms with van der Waals surface area (Å²) in [5.74, 6) is 0.310. The maximum atomic E-state index is 12.4. The fourth-order valence-electron chi connectivity index (χ4n) is 3.27. The molecule has 4 rings (SSSR count). The largest absolute Gasteiger partial charge is 0.354 e. The normalized spacial score (nSPS) is 10.9. The standard InChI is InChI=1S/C23H18ClN3O3S/c24-17-10-8-15(9-11-17)21-22(19-6-1-2-7-20(19)26-21)31-13-12-25-23(28)16-4-3-5-18(14-16)27(29)30/h1-11,14,26H,12-13H2,(H,25,28). The topological polar surface area (TPSA) is 88.0 Å². The van der Waals surface area contributed by atoms with Gasteiger partial charge in [-0.1, -0.05) is 48.0 Å². The molecule has 31 heavy (non-hydrogen) atoms. The highest BCUT2D eigenvalue weighted by Gasteiger charge is 2.14. The minimum Gasteiger partial charge on any atom is -0.354 e. The van der Waals surface area contributed by atoms with Gasteiger partial charge in [-0.25, -0.2) is 0 Å². The molecular formula is C23H18ClN3O3S. The van der Waals surface area contributed by atoms with Crippen molar-refractivity contribution in [2.24, 2.45) is 0 Å². The quantitative estimate of drug-likeness (QED) is 0.158. The van der Waals surface area contributed by atoms with Crippen LogP contribution in [0.15, 0.2) is 77.7 Å². The molecule has 0 saturated heterocycles. The van der Waals surface area contributed by atoms with Gasteiger partial charge in [-0.05, 0) is 29.8 Å². The number of fused-ring (bicyclic) bond motifs is 1. The summed E-state index contributed by atoms with van der Waals surface area (Å²) < 4.78 is 0. The Hall–Kier alpha value is -3.29. The molecule has 1 amide bonds. The lowest BCUT2D eigenvalue weighted by molar-refractivity contribution is -0.384.